The van der Waals surface area contributed by atoms with Crippen molar-refractivity contribution in [2.24, 2.45) is 0 Å². The van der Waals surface area contributed by atoms with E-state index in [2.05, 4.69) is 6.07 Å². The zero-order valence-electron chi connectivity index (χ0n) is 15.8. The number of rotatable bonds is 6. The van der Waals surface area contributed by atoms with Crippen LogP contribution in [0.4, 0.5) is 5.69 Å². The van der Waals surface area contributed by atoms with E-state index in [-0.39, 0.29) is 19.1 Å². The number of benzene rings is 3. The fourth-order valence-electron chi connectivity index (χ4n) is 3.01. The van der Waals surface area contributed by atoms with Gasteiger partial charge in [0.25, 0.3) is 5.69 Å². The van der Waals surface area contributed by atoms with Crippen LogP contribution in [0, 0.1) is 21.4 Å². The Bertz CT molecular complexity index is 1160. The number of fused-ring (bicyclic) bond motifs is 1. The van der Waals surface area contributed by atoms with Crippen LogP contribution in [0.3, 0.4) is 0 Å². The monoisotopic (exact) mass is 400 g/mol. The fourth-order valence-corrected chi connectivity index (χ4v) is 3.01. The van der Waals surface area contributed by atoms with Crippen molar-refractivity contribution in [1.82, 2.24) is 0 Å². The summed E-state index contributed by atoms with van der Waals surface area (Å²) in [7, 11) is 0. The normalized spacial score (nSPS) is 12.3. The van der Waals surface area contributed by atoms with Gasteiger partial charge < -0.3 is 14.2 Å². The van der Waals surface area contributed by atoms with Gasteiger partial charge in [0.05, 0.1) is 16.6 Å². The number of hydrogen-bond acceptors (Lipinski definition) is 6. The first-order valence-electron chi connectivity index (χ1n) is 9.11. The molecule has 0 spiro atoms. The predicted octanol–water partition coefficient (Wildman–Crippen LogP) is 4.97. The van der Waals surface area contributed by atoms with E-state index in [9.17, 15) is 15.4 Å². The summed E-state index contributed by atoms with van der Waals surface area (Å²) in [5.74, 6) is 1.86. The van der Waals surface area contributed by atoms with Gasteiger partial charge in [-0.2, -0.15) is 5.26 Å². The van der Waals surface area contributed by atoms with Crippen molar-refractivity contribution in [1.29, 1.82) is 5.26 Å². The molecule has 4 rings (SSSR count). The standard InChI is InChI=1S/C23H16N2O5/c24-13-19(17-7-10-22-23(12-17)30-15-29-22)11-18-3-1-2-4-21(18)28-14-16-5-8-20(9-6-16)25(26)27/h1-12H,14-15H2. The highest BCUT2D eigenvalue weighted by Gasteiger charge is 2.15. The molecule has 1 aliphatic rings. The van der Waals surface area contributed by atoms with Gasteiger partial charge in [0.1, 0.15) is 12.4 Å². The molecule has 0 fully saturated rings. The molecule has 7 heteroatoms. The van der Waals surface area contributed by atoms with Gasteiger partial charge in [-0.3, -0.25) is 10.1 Å². The van der Waals surface area contributed by atoms with E-state index >= 15 is 0 Å². The first kappa shape index (κ1) is 19.0. The molecular weight excluding hydrogens is 384 g/mol. The molecule has 0 unspecified atom stereocenters. The molecule has 0 aromatic heterocycles. The zero-order valence-corrected chi connectivity index (χ0v) is 15.8. The molecule has 1 aliphatic heterocycles. The zero-order chi connectivity index (χ0) is 20.9. The number of hydrogen-bond donors (Lipinski definition) is 0. The van der Waals surface area contributed by atoms with Crippen molar-refractivity contribution in [2.75, 3.05) is 6.79 Å². The van der Waals surface area contributed by atoms with E-state index in [4.69, 9.17) is 14.2 Å². The van der Waals surface area contributed by atoms with Crippen LogP contribution in [-0.2, 0) is 6.61 Å². The lowest BCUT2D eigenvalue weighted by Crippen LogP contribution is -1.97. The molecule has 7 nitrogen and oxygen atoms in total. The third-order valence-corrected chi connectivity index (χ3v) is 4.56. The highest BCUT2D eigenvalue weighted by molar-refractivity contribution is 5.91. The third-order valence-electron chi connectivity index (χ3n) is 4.56. The van der Waals surface area contributed by atoms with Crippen molar-refractivity contribution in [3.8, 4) is 23.3 Å². The molecule has 0 bridgehead atoms. The maximum Gasteiger partial charge on any atom is 0.269 e. The average Bonchev–Trinajstić information content (AvgIpc) is 3.25. The predicted molar refractivity (Wildman–Crippen MR) is 110 cm³/mol. The summed E-state index contributed by atoms with van der Waals surface area (Å²) in [6.07, 6.45) is 1.75. The Hall–Kier alpha value is -4.31. The Morgan fingerprint density at radius 3 is 2.63 bits per heavy atom. The lowest BCUT2D eigenvalue weighted by Gasteiger charge is -2.10. The van der Waals surface area contributed by atoms with Gasteiger partial charge in [0, 0.05) is 17.7 Å². The van der Waals surface area contributed by atoms with Crippen LogP contribution in [0.25, 0.3) is 11.6 Å². The largest absolute Gasteiger partial charge is 0.488 e. The van der Waals surface area contributed by atoms with E-state index in [0.717, 1.165) is 11.1 Å². The van der Waals surface area contributed by atoms with E-state index < -0.39 is 4.92 Å². The molecule has 0 radical (unpaired) electrons. The molecule has 30 heavy (non-hydrogen) atoms. The van der Waals surface area contributed by atoms with Gasteiger partial charge >= 0.3 is 0 Å². The highest BCUT2D eigenvalue weighted by atomic mass is 16.7. The second-order valence-corrected chi connectivity index (χ2v) is 6.49. The first-order valence-corrected chi connectivity index (χ1v) is 9.11. The number of nitrogens with zero attached hydrogens (tertiary/aromatic N) is 2. The maximum absolute atomic E-state index is 10.8. The molecule has 0 aliphatic carbocycles. The molecule has 0 saturated carbocycles. The SMILES string of the molecule is N#CC(=Cc1ccccc1OCc1ccc([N+](=O)[O-])cc1)c1ccc2c(c1)OCO2. The molecule has 148 valence electrons. The smallest absolute Gasteiger partial charge is 0.269 e. The van der Waals surface area contributed by atoms with Crippen LogP contribution in [0.5, 0.6) is 17.2 Å². The number of nitro groups is 1. The Balaban J connectivity index is 1.56. The van der Waals surface area contributed by atoms with E-state index in [1.54, 1.807) is 30.3 Å². The number of nitriles is 1. The quantitative estimate of drug-likeness (QED) is 0.251. The van der Waals surface area contributed by atoms with Crippen LogP contribution >= 0.6 is 0 Å². The third kappa shape index (κ3) is 4.08. The highest BCUT2D eigenvalue weighted by Crippen LogP contribution is 2.35. The molecule has 0 atom stereocenters. The van der Waals surface area contributed by atoms with Crippen molar-refractivity contribution < 1.29 is 19.1 Å². The second kappa shape index (κ2) is 8.37. The van der Waals surface area contributed by atoms with E-state index in [1.165, 1.54) is 12.1 Å². The Morgan fingerprint density at radius 1 is 1.10 bits per heavy atom. The first-order chi connectivity index (χ1) is 14.6. The van der Waals surface area contributed by atoms with Crippen LogP contribution < -0.4 is 14.2 Å². The Kier molecular flexibility index (Phi) is 5.31. The Labute approximate surface area is 172 Å². The van der Waals surface area contributed by atoms with Crippen LogP contribution in [-0.4, -0.2) is 11.7 Å². The van der Waals surface area contributed by atoms with Crippen molar-refractivity contribution in [2.45, 2.75) is 6.61 Å². The summed E-state index contributed by atoms with van der Waals surface area (Å²) < 4.78 is 16.6. The molecule has 0 saturated heterocycles. The van der Waals surface area contributed by atoms with Gasteiger partial charge in [-0.15, -0.1) is 0 Å². The summed E-state index contributed by atoms with van der Waals surface area (Å²) in [6.45, 7) is 0.415. The summed E-state index contributed by atoms with van der Waals surface area (Å²) in [5.41, 5.74) is 2.75. The lowest BCUT2D eigenvalue weighted by atomic mass is 10.0. The minimum Gasteiger partial charge on any atom is -0.488 e. The van der Waals surface area contributed by atoms with Crippen molar-refractivity contribution in [3.05, 3.63) is 93.5 Å². The summed E-state index contributed by atoms with van der Waals surface area (Å²) in [6, 6.07) is 21.2. The van der Waals surface area contributed by atoms with Crippen LogP contribution in [0.1, 0.15) is 16.7 Å². The molecule has 1 heterocycles. The fraction of sp³-hybridized carbons (Fsp3) is 0.0870. The Morgan fingerprint density at radius 2 is 1.87 bits per heavy atom. The molecule has 0 amide bonds. The minimum absolute atomic E-state index is 0.0319. The van der Waals surface area contributed by atoms with E-state index in [1.807, 2.05) is 30.3 Å². The van der Waals surface area contributed by atoms with Crippen LogP contribution in [0.15, 0.2) is 66.7 Å². The topological polar surface area (TPSA) is 94.6 Å². The van der Waals surface area contributed by atoms with Gasteiger partial charge in [0.15, 0.2) is 11.5 Å². The summed E-state index contributed by atoms with van der Waals surface area (Å²) in [4.78, 5) is 10.3. The molecule has 3 aromatic rings. The summed E-state index contributed by atoms with van der Waals surface area (Å²) >= 11 is 0. The van der Waals surface area contributed by atoms with Gasteiger partial charge in [-0.1, -0.05) is 18.2 Å². The van der Waals surface area contributed by atoms with Gasteiger partial charge in [0.2, 0.25) is 6.79 Å². The van der Waals surface area contributed by atoms with Gasteiger partial charge in [-0.05, 0) is 53.6 Å². The number of ether oxygens (including phenoxy) is 3. The second-order valence-electron chi connectivity index (χ2n) is 6.49. The number of para-hydroxylation sites is 1. The minimum atomic E-state index is -0.440. The number of nitro benzene ring substituents is 1. The maximum atomic E-state index is 10.8. The van der Waals surface area contributed by atoms with Gasteiger partial charge in [-0.25, -0.2) is 0 Å². The molecule has 0 N–H and O–H groups in total. The summed E-state index contributed by atoms with van der Waals surface area (Å²) in [5, 5.41) is 20.4. The number of non-ortho nitro benzene ring substituents is 1. The van der Waals surface area contributed by atoms with Crippen LogP contribution in [0.2, 0.25) is 0 Å². The van der Waals surface area contributed by atoms with Crippen molar-refractivity contribution >= 4 is 17.3 Å². The van der Waals surface area contributed by atoms with Crippen molar-refractivity contribution in [3.63, 3.8) is 0 Å². The number of allylic oxidation sites excluding steroid dienone is 1. The van der Waals surface area contributed by atoms with E-state index in [0.29, 0.717) is 28.4 Å². The lowest BCUT2D eigenvalue weighted by molar-refractivity contribution is -0.384. The molecule has 3 aromatic carbocycles. The average molecular weight is 400 g/mol. The molecular formula is C23H16N2O5.